The summed E-state index contributed by atoms with van der Waals surface area (Å²) in [6.45, 7) is 0.379. The number of amides is 2. The van der Waals surface area contributed by atoms with Crippen molar-refractivity contribution in [2.75, 3.05) is 6.54 Å². The minimum absolute atomic E-state index is 0.0177. The van der Waals surface area contributed by atoms with Crippen molar-refractivity contribution in [2.24, 2.45) is 16.5 Å². The SMILES string of the molecule is NC(N)=NCCCC1NC(=O)C(CCC(=O)O)NC1=O. The lowest BCUT2D eigenvalue weighted by atomic mass is 10.0. The van der Waals surface area contributed by atoms with Crippen LogP contribution in [-0.2, 0) is 14.4 Å². The van der Waals surface area contributed by atoms with Gasteiger partial charge in [0.1, 0.15) is 12.1 Å². The number of carboxylic acids is 1. The summed E-state index contributed by atoms with van der Waals surface area (Å²) in [7, 11) is 0. The van der Waals surface area contributed by atoms with Gasteiger partial charge in [-0.05, 0) is 19.3 Å². The molecule has 20 heavy (non-hydrogen) atoms. The first-order valence-corrected chi connectivity index (χ1v) is 6.28. The van der Waals surface area contributed by atoms with Crippen LogP contribution in [0, 0.1) is 0 Å². The number of piperazine rings is 1. The van der Waals surface area contributed by atoms with Gasteiger partial charge in [0.05, 0.1) is 0 Å². The molecule has 2 unspecified atom stereocenters. The quantitative estimate of drug-likeness (QED) is 0.204. The molecule has 0 radical (unpaired) electrons. The molecule has 0 aromatic heterocycles. The third-order valence-corrected chi connectivity index (χ3v) is 2.86. The van der Waals surface area contributed by atoms with Crippen LogP contribution >= 0.6 is 0 Å². The van der Waals surface area contributed by atoms with E-state index in [0.29, 0.717) is 19.4 Å². The first-order chi connectivity index (χ1) is 9.40. The highest BCUT2D eigenvalue weighted by Gasteiger charge is 2.33. The van der Waals surface area contributed by atoms with Crippen LogP contribution in [0.5, 0.6) is 0 Å². The molecule has 1 heterocycles. The number of aliphatic carboxylic acids is 1. The number of carbonyl (C=O) groups excluding carboxylic acids is 2. The van der Waals surface area contributed by atoms with Gasteiger partial charge in [0.15, 0.2) is 5.96 Å². The molecule has 2 amide bonds. The standard InChI is InChI=1S/C11H19N5O4/c12-11(13)14-5-1-2-6-9(19)16-7(10(20)15-6)3-4-8(17)18/h6-7H,1-5H2,(H,15,20)(H,16,19)(H,17,18)(H4,12,13,14). The van der Waals surface area contributed by atoms with Crippen molar-refractivity contribution < 1.29 is 19.5 Å². The van der Waals surface area contributed by atoms with E-state index < -0.39 is 18.1 Å². The second kappa shape index (κ2) is 7.31. The summed E-state index contributed by atoms with van der Waals surface area (Å²) in [5.74, 6) is -1.70. The Kier molecular flexibility index (Phi) is 5.75. The Morgan fingerprint density at radius 1 is 1.15 bits per heavy atom. The molecule has 9 heteroatoms. The highest BCUT2D eigenvalue weighted by atomic mass is 16.4. The van der Waals surface area contributed by atoms with E-state index in [1.807, 2.05) is 0 Å². The lowest BCUT2D eigenvalue weighted by molar-refractivity contribution is -0.140. The highest BCUT2D eigenvalue weighted by molar-refractivity contribution is 5.97. The van der Waals surface area contributed by atoms with Crippen LogP contribution in [0.1, 0.15) is 25.7 Å². The van der Waals surface area contributed by atoms with Crippen molar-refractivity contribution in [3.05, 3.63) is 0 Å². The molecule has 9 nitrogen and oxygen atoms in total. The summed E-state index contributed by atoms with van der Waals surface area (Å²) in [4.78, 5) is 37.7. The molecule has 0 spiro atoms. The fourth-order valence-electron chi connectivity index (χ4n) is 1.85. The number of hydrogen-bond acceptors (Lipinski definition) is 4. The van der Waals surface area contributed by atoms with Gasteiger partial charge in [0.25, 0.3) is 0 Å². The number of aliphatic imine (C=N–C) groups is 1. The number of carboxylic acid groups (broad SMARTS) is 1. The number of carbonyl (C=O) groups is 3. The second-order valence-corrected chi connectivity index (χ2v) is 4.50. The maximum absolute atomic E-state index is 11.8. The first-order valence-electron chi connectivity index (χ1n) is 6.28. The second-order valence-electron chi connectivity index (χ2n) is 4.50. The van der Waals surface area contributed by atoms with Crippen molar-refractivity contribution in [3.63, 3.8) is 0 Å². The van der Waals surface area contributed by atoms with Gasteiger partial charge < -0.3 is 27.2 Å². The lowest BCUT2D eigenvalue weighted by Gasteiger charge is -2.29. The first kappa shape index (κ1) is 15.7. The van der Waals surface area contributed by atoms with Crippen molar-refractivity contribution in [1.29, 1.82) is 0 Å². The lowest BCUT2D eigenvalue weighted by Crippen LogP contribution is -2.61. The number of rotatable bonds is 7. The topological polar surface area (TPSA) is 160 Å². The van der Waals surface area contributed by atoms with E-state index in [1.165, 1.54) is 0 Å². The van der Waals surface area contributed by atoms with Gasteiger partial charge >= 0.3 is 5.97 Å². The minimum atomic E-state index is -1.01. The molecule has 0 aromatic rings. The van der Waals surface area contributed by atoms with E-state index in [2.05, 4.69) is 15.6 Å². The van der Waals surface area contributed by atoms with Crippen LogP contribution in [-0.4, -0.2) is 47.5 Å². The van der Waals surface area contributed by atoms with Gasteiger partial charge in [-0.3, -0.25) is 19.4 Å². The van der Waals surface area contributed by atoms with Crippen LogP contribution < -0.4 is 22.1 Å². The smallest absolute Gasteiger partial charge is 0.303 e. The third kappa shape index (κ3) is 5.12. The summed E-state index contributed by atoms with van der Waals surface area (Å²) in [6.07, 6.45) is 0.872. The molecule has 0 aliphatic carbocycles. The predicted molar refractivity (Wildman–Crippen MR) is 70.6 cm³/mol. The van der Waals surface area contributed by atoms with Crippen LogP contribution in [0.3, 0.4) is 0 Å². The Labute approximate surface area is 115 Å². The molecule has 1 fully saturated rings. The van der Waals surface area contributed by atoms with Crippen LogP contribution in [0.4, 0.5) is 0 Å². The number of hydrogen-bond donors (Lipinski definition) is 5. The fourth-order valence-corrected chi connectivity index (χ4v) is 1.85. The predicted octanol–water partition coefficient (Wildman–Crippen LogP) is -2.11. The Bertz CT molecular complexity index is 419. The molecule has 0 aromatic carbocycles. The summed E-state index contributed by atoms with van der Waals surface area (Å²) in [5, 5.41) is 13.7. The van der Waals surface area contributed by atoms with Crippen LogP contribution in [0.15, 0.2) is 4.99 Å². The molecular weight excluding hydrogens is 266 g/mol. The number of nitrogens with one attached hydrogen (secondary N) is 2. The van der Waals surface area contributed by atoms with Crippen molar-refractivity contribution in [1.82, 2.24) is 10.6 Å². The Hall–Kier alpha value is -2.32. The summed E-state index contributed by atoms with van der Waals surface area (Å²) < 4.78 is 0. The number of nitrogens with zero attached hydrogens (tertiary/aromatic N) is 1. The molecule has 112 valence electrons. The summed E-state index contributed by atoms with van der Waals surface area (Å²) >= 11 is 0. The molecule has 7 N–H and O–H groups in total. The molecule has 0 bridgehead atoms. The van der Waals surface area contributed by atoms with Crippen molar-refractivity contribution in [3.8, 4) is 0 Å². The normalized spacial score (nSPS) is 21.8. The van der Waals surface area contributed by atoms with Gasteiger partial charge in [-0.25, -0.2) is 0 Å². The number of guanidine groups is 1. The fraction of sp³-hybridized carbons (Fsp3) is 0.636. The largest absolute Gasteiger partial charge is 0.481 e. The van der Waals surface area contributed by atoms with E-state index in [9.17, 15) is 14.4 Å². The van der Waals surface area contributed by atoms with Crippen molar-refractivity contribution in [2.45, 2.75) is 37.8 Å². The summed E-state index contributed by atoms with van der Waals surface area (Å²) in [5.41, 5.74) is 10.3. The monoisotopic (exact) mass is 285 g/mol. The van der Waals surface area contributed by atoms with Gasteiger partial charge in [-0.1, -0.05) is 0 Å². The molecular formula is C11H19N5O4. The van der Waals surface area contributed by atoms with Gasteiger partial charge in [0.2, 0.25) is 11.8 Å². The zero-order valence-corrected chi connectivity index (χ0v) is 11.0. The highest BCUT2D eigenvalue weighted by Crippen LogP contribution is 2.08. The van der Waals surface area contributed by atoms with Gasteiger partial charge in [-0.15, -0.1) is 0 Å². The maximum atomic E-state index is 11.8. The Morgan fingerprint density at radius 2 is 1.70 bits per heavy atom. The molecule has 1 saturated heterocycles. The molecule has 1 rings (SSSR count). The maximum Gasteiger partial charge on any atom is 0.303 e. The van der Waals surface area contributed by atoms with E-state index in [0.717, 1.165) is 0 Å². The molecule has 1 aliphatic heterocycles. The van der Waals surface area contributed by atoms with Crippen LogP contribution in [0.25, 0.3) is 0 Å². The van der Waals surface area contributed by atoms with Gasteiger partial charge in [-0.2, -0.15) is 0 Å². The zero-order valence-electron chi connectivity index (χ0n) is 11.0. The molecule has 0 saturated carbocycles. The molecule has 2 atom stereocenters. The average molecular weight is 285 g/mol. The van der Waals surface area contributed by atoms with E-state index in [-0.39, 0.29) is 30.6 Å². The number of nitrogens with two attached hydrogens (primary N) is 2. The van der Waals surface area contributed by atoms with E-state index in [1.54, 1.807) is 0 Å². The Balaban J connectivity index is 2.39. The van der Waals surface area contributed by atoms with E-state index >= 15 is 0 Å². The minimum Gasteiger partial charge on any atom is -0.481 e. The summed E-state index contributed by atoms with van der Waals surface area (Å²) in [6, 6.07) is -1.41. The zero-order chi connectivity index (χ0) is 15.1. The molecule has 1 aliphatic rings. The average Bonchev–Trinajstić information content (AvgIpc) is 2.36. The van der Waals surface area contributed by atoms with E-state index in [4.69, 9.17) is 16.6 Å². The van der Waals surface area contributed by atoms with Gasteiger partial charge in [0, 0.05) is 13.0 Å². The third-order valence-electron chi connectivity index (χ3n) is 2.86. The van der Waals surface area contributed by atoms with Crippen LogP contribution in [0.2, 0.25) is 0 Å². The van der Waals surface area contributed by atoms with Crippen molar-refractivity contribution >= 4 is 23.7 Å². The Morgan fingerprint density at radius 3 is 2.20 bits per heavy atom.